The molecule has 1 heterocycles. The van der Waals surface area contributed by atoms with Crippen LogP contribution in [-0.4, -0.2) is 23.5 Å². The van der Waals surface area contributed by atoms with Gasteiger partial charge >= 0.3 is 5.97 Å². The number of aromatic nitrogens is 1. The summed E-state index contributed by atoms with van der Waals surface area (Å²) in [7, 11) is 0. The second-order valence-electron chi connectivity index (χ2n) is 4.00. The SMILES string of the molecule is O=C(COC(=O)c1ccc(Cl)nc1)Nc1cccc(Cl)c1. The number of nitrogens with zero attached hydrogens (tertiary/aromatic N) is 1. The second-order valence-corrected chi connectivity index (χ2v) is 4.83. The third-order valence-electron chi connectivity index (χ3n) is 2.41. The Morgan fingerprint density at radius 2 is 2.00 bits per heavy atom. The molecule has 1 amide bonds. The quantitative estimate of drug-likeness (QED) is 0.692. The lowest BCUT2D eigenvalue weighted by Crippen LogP contribution is -2.20. The molecule has 1 N–H and O–H groups in total. The van der Waals surface area contributed by atoms with Gasteiger partial charge in [-0.2, -0.15) is 0 Å². The van der Waals surface area contributed by atoms with Gasteiger partial charge in [0.1, 0.15) is 5.15 Å². The highest BCUT2D eigenvalue weighted by atomic mass is 35.5. The lowest BCUT2D eigenvalue weighted by molar-refractivity contribution is -0.119. The van der Waals surface area contributed by atoms with Gasteiger partial charge in [-0.15, -0.1) is 0 Å². The number of nitrogens with one attached hydrogen (secondary N) is 1. The average molecular weight is 325 g/mol. The third-order valence-corrected chi connectivity index (χ3v) is 2.86. The minimum Gasteiger partial charge on any atom is -0.452 e. The van der Waals surface area contributed by atoms with Gasteiger partial charge in [0, 0.05) is 16.9 Å². The van der Waals surface area contributed by atoms with E-state index in [4.69, 9.17) is 27.9 Å². The highest BCUT2D eigenvalue weighted by molar-refractivity contribution is 6.31. The molecule has 0 aliphatic rings. The monoisotopic (exact) mass is 324 g/mol. The van der Waals surface area contributed by atoms with Crippen LogP contribution in [0.15, 0.2) is 42.6 Å². The largest absolute Gasteiger partial charge is 0.452 e. The van der Waals surface area contributed by atoms with Crippen molar-refractivity contribution in [2.75, 3.05) is 11.9 Å². The molecule has 0 unspecified atom stereocenters. The molecule has 0 saturated heterocycles. The zero-order valence-corrected chi connectivity index (χ0v) is 12.2. The van der Waals surface area contributed by atoms with E-state index in [1.54, 1.807) is 24.3 Å². The first-order valence-electron chi connectivity index (χ1n) is 5.89. The summed E-state index contributed by atoms with van der Waals surface area (Å²) in [6.07, 6.45) is 1.28. The van der Waals surface area contributed by atoms with Crippen molar-refractivity contribution in [2.24, 2.45) is 0 Å². The molecule has 2 rings (SSSR count). The van der Waals surface area contributed by atoms with E-state index in [0.29, 0.717) is 10.7 Å². The Hall–Kier alpha value is -2.11. The molecule has 0 radical (unpaired) electrons. The van der Waals surface area contributed by atoms with Crippen LogP contribution in [0.2, 0.25) is 10.2 Å². The van der Waals surface area contributed by atoms with Crippen molar-refractivity contribution in [2.45, 2.75) is 0 Å². The van der Waals surface area contributed by atoms with Crippen LogP contribution in [0.3, 0.4) is 0 Å². The lowest BCUT2D eigenvalue weighted by Gasteiger charge is -2.06. The van der Waals surface area contributed by atoms with E-state index in [9.17, 15) is 9.59 Å². The number of benzene rings is 1. The molecule has 5 nitrogen and oxygen atoms in total. The number of carbonyl (C=O) groups is 2. The van der Waals surface area contributed by atoms with Crippen molar-refractivity contribution in [3.63, 3.8) is 0 Å². The van der Waals surface area contributed by atoms with Crippen molar-refractivity contribution >= 4 is 40.8 Å². The lowest BCUT2D eigenvalue weighted by atomic mass is 10.3. The first kappa shape index (κ1) is 15.3. The Morgan fingerprint density at radius 1 is 1.19 bits per heavy atom. The van der Waals surface area contributed by atoms with Crippen molar-refractivity contribution in [1.29, 1.82) is 0 Å². The average Bonchev–Trinajstić information content (AvgIpc) is 2.45. The molecule has 21 heavy (non-hydrogen) atoms. The molecular weight excluding hydrogens is 315 g/mol. The predicted molar refractivity (Wildman–Crippen MR) is 79.6 cm³/mol. The molecule has 0 bridgehead atoms. The zero-order chi connectivity index (χ0) is 15.2. The number of esters is 1. The summed E-state index contributed by atoms with van der Waals surface area (Å²) in [4.78, 5) is 27.1. The first-order chi connectivity index (χ1) is 10.0. The topological polar surface area (TPSA) is 68.3 Å². The normalized spacial score (nSPS) is 10.0. The maximum Gasteiger partial charge on any atom is 0.340 e. The number of amides is 1. The number of rotatable bonds is 4. The van der Waals surface area contributed by atoms with Crippen LogP contribution in [0, 0.1) is 0 Å². The fourth-order valence-electron chi connectivity index (χ4n) is 1.47. The summed E-state index contributed by atoms with van der Waals surface area (Å²) in [6, 6.07) is 9.57. The Kier molecular flexibility index (Phi) is 5.14. The van der Waals surface area contributed by atoms with Crippen molar-refractivity contribution in [3.8, 4) is 0 Å². The van der Waals surface area contributed by atoms with Crippen molar-refractivity contribution < 1.29 is 14.3 Å². The van der Waals surface area contributed by atoms with Crippen LogP contribution < -0.4 is 5.32 Å². The molecule has 1 aromatic carbocycles. The van der Waals surface area contributed by atoms with E-state index in [1.165, 1.54) is 18.3 Å². The minimum atomic E-state index is -0.652. The summed E-state index contributed by atoms with van der Waals surface area (Å²) in [5.74, 6) is -1.12. The number of pyridine rings is 1. The van der Waals surface area contributed by atoms with Gasteiger partial charge in [0.2, 0.25) is 0 Å². The van der Waals surface area contributed by atoms with E-state index < -0.39 is 18.5 Å². The fraction of sp³-hybridized carbons (Fsp3) is 0.0714. The van der Waals surface area contributed by atoms with Gasteiger partial charge in [-0.3, -0.25) is 4.79 Å². The number of hydrogen-bond acceptors (Lipinski definition) is 4. The van der Waals surface area contributed by atoms with Crippen molar-refractivity contribution in [1.82, 2.24) is 4.98 Å². The molecule has 0 aliphatic carbocycles. The van der Waals surface area contributed by atoms with Crippen LogP contribution in [0.4, 0.5) is 5.69 Å². The predicted octanol–water partition coefficient (Wildman–Crippen LogP) is 3.18. The van der Waals surface area contributed by atoms with E-state index in [0.717, 1.165) is 0 Å². The smallest absolute Gasteiger partial charge is 0.340 e. The van der Waals surface area contributed by atoms with Gasteiger partial charge < -0.3 is 10.1 Å². The number of anilines is 1. The molecule has 7 heteroatoms. The summed E-state index contributed by atoms with van der Waals surface area (Å²) in [6.45, 7) is -0.409. The molecule has 0 saturated carbocycles. The molecule has 0 fully saturated rings. The summed E-state index contributed by atoms with van der Waals surface area (Å²) >= 11 is 11.4. The molecule has 1 aromatic heterocycles. The van der Waals surface area contributed by atoms with Gasteiger partial charge in [-0.05, 0) is 30.3 Å². The maximum absolute atomic E-state index is 11.7. The third kappa shape index (κ3) is 4.73. The van der Waals surface area contributed by atoms with Gasteiger partial charge in [-0.25, -0.2) is 9.78 Å². The summed E-state index contributed by atoms with van der Waals surface area (Å²) in [5.41, 5.74) is 0.742. The number of hydrogen-bond donors (Lipinski definition) is 1. The van der Waals surface area contributed by atoms with E-state index in [2.05, 4.69) is 10.3 Å². The molecule has 2 aromatic rings. The van der Waals surface area contributed by atoms with E-state index in [1.807, 2.05) is 0 Å². The zero-order valence-electron chi connectivity index (χ0n) is 10.7. The van der Waals surface area contributed by atoms with E-state index >= 15 is 0 Å². The second kappa shape index (κ2) is 7.06. The maximum atomic E-state index is 11.7. The van der Waals surface area contributed by atoms with Crippen LogP contribution in [0.1, 0.15) is 10.4 Å². The highest BCUT2D eigenvalue weighted by Gasteiger charge is 2.10. The van der Waals surface area contributed by atoms with E-state index in [-0.39, 0.29) is 10.7 Å². The first-order valence-corrected chi connectivity index (χ1v) is 6.64. The van der Waals surface area contributed by atoms with Crippen LogP contribution in [-0.2, 0) is 9.53 Å². The Labute approximate surface area is 130 Å². The van der Waals surface area contributed by atoms with Gasteiger partial charge in [0.15, 0.2) is 6.61 Å². The molecule has 0 atom stereocenters. The number of halogens is 2. The fourth-order valence-corrected chi connectivity index (χ4v) is 1.78. The summed E-state index contributed by atoms with van der Waals surface area (Å²) < 4.78 is 4.87. The Morgan fingerprint density at radius 3 is 2.67 bits per heavy atom. The molecule has 108 valence electrons. The van der Waals surface area contributed by atoms with Gasteiger partial charge in [0.25, 0.3) is 5.91 Å². The Bertz CT molecular complexity index is 660. The molecule has 0 aliphatic heterocycles. The van der Waals surface area contributed by atoms with Crippen LogP contribution in [0.5, 0.6) is 0 Å². The van der Waals surface area contributed by atoms with Gasteiger partial charge in [-0.1, -0.05) is 29.3 Å². The standard InChI is InChI=1S/C14H10Cl2N2O3/c15-10-2-1-3-11(6-10)18-13(19)8-21-14(20)9-4-5-12(16)17-7-9/h1-7H,8H2,(H,18,19). The molecule has 0 spiro atoms. The van der Waals surface area contributed by atoms with Crippen LogP contribution >= 0.6 is 23.2 Å². The minimum absolute atomic E-state index is 0.218. The van der Waals surface area contributed by atoms with Crippen molar-refractivity contribution in [3.05, 3.63) is 58.3 Å². The summed E-state index contributed by atoms with van der Waals surface area (Å²) in [5, 5.41) is 3.33. The Balaban J connectivity index is 1.86. The highest BCUT2D eigenvalue weighted by Crippen LogP contribution is 2.14. The number of carbonyl (C=O) groups excluding carboxylic acids is 2. The molecular formula is C14H10Cl2N2O3. The number of ether oxygens (including phenoxy) is 1. The van der Waals surface area contributed by atoms with Gasteiger partial charge in [0.05, 0.1) is 5.56 Å². The van der Waals surface area contributed by atoms with Crippen LogP contribution in [0.25, 0.3) is 0 Å².